The first-order chi connectivity index (χ1) is 11.3. The summed E-state index contributed by atoms with van der Waals surface area (Å²) < 4.78 is 5.72. The van der Waals surface area contributed by atoms with E-state index in [0.29, 0.717) is 5.89 Å². The summed E-state index contributed by atoms with van der Waals surface area (Å²) in [5, 5.41) is 10.8. The van der Waals surface area contributed by atoms with Crippen molar-refractivity contribution in [1.82, 2.24) is 15.2 Å². The monoisotopic (exact) mass is 324 g/mol. The van der Waals surface area contributed by atoms with Crippen LogP contribution in [0, 0.1) is 13.8 Å². The topological polar surface area (TPSA) is 66.7 Å². The van der Waals surface area contributed by atoms with E-state index < -0.39 is 0 Å². The number of nitrogens with one attached hydrogen (secondary N) is 2. The number of H-pyrrole nitrogens is 1. The molecular weight excluding hydrogens is 300 g/mol. The van der Waals surface area contributed by atoms with E-state index in [1.165, 1.54) is 5.56 Å². The molecular formula is C19H24N4O. The molecule has 0 aliphatic heterocycles. The summed E-state index contributed by atoms with van der Waals surface area (Å²) in [6.07, 6.45) is 1.89. The van der Waals surface area contributed by atoms with Gasteiger partial charge in [-0.05, 0) is 32.0 Å². The molecule has 0 spiro atoms. The molecule has 0 fully saturated rings. The lowest BCUT2D eigenvalue weighted by molar-refractivity contribution is 0.541. The SMILES string of the molecule is Cc1nc(-c2cccc(NCc3cn[nH]c3C(C)(C)C)c2)oc1C. The van der Waals surface area contributed by atoms with Crippen LogP contribution in [0.2, 0.25) is 0 Å². The molecule has 5 nitrogen and oxygen atoms in total. The van der Waals surface area contributed by atoms with E-state index in [1.807, 2.05) is 38.2 Å². The molecule has 0 aliphatic rings. The van der Waals surface area contributed by atoms with Crippen LogP contribution in [0.3, 0.4) is 0 Å². The second-order valence-corrected chi connectivity index (χ2v) is 7.12. The summed E-state index contributed by atoms with van der Waals surface area (Å²) in [5.74, 6) is 1.52. The van der Waals surface area contributed by atoms with Gasteiger partial charge in [0, 0.05) is 34.5 Å². The van der Waals surface area contributed by atoms with Crippen molar-refractivity contribution in [1.29, 1.82) is 0 Å². The standard InChI is InChI=1S/C19H24N4O/c1-12-13(2)24-18(22-12)14-7-6-8-16(9-14)20-10-15-11-21-23-17(15)19(3,4)5/h6-9,11,20H,10H2,1-5H3,(H,21,23). The van der Waals surface area contributed by atoms with Gasteiger partial charge in [-0.25, -0.2) is 4.98 Å². The van der Waals surface area contributed by atoms with Crippen LogP contribution in [0.15, 0.2) is 34.9 Å². The summed E-state index contributed by atoms with van der Waals surface area (Å²) >= 11 is 0. The molecule has 0 saturated heterocycles. The molecule has 0 unspecified atom stereocenters. The molecule has 126 valence electrons. The number of hydrogen-bond acceptors (Lipinski definition) is 4. The van der Waals surface area contributed by atoms with Crippen molar-refractivity contribution in [2.75, 3.05) is 5.32 Å². The average Bonchev–Trinajstić information content (AvgIpc) is 3.13. The van der Waals surface area contributed by atoms with Crippen molar-refractivity contribution >= 4 is 5.69 Å². The first kappa shape index (κ1) is 16.3. The van der Waals surface area contributed by atoms with Crippen molar-refractivity contribution in [2.24, 2.45) is 0 Å². The maximum absolute atomic E-state index is 5.72. The number of oxazole rings is 1. The van der Waals surface area contributed by atoms with Gasteiger partial charge in [0.2, 0.25) is 5.89 Å². The lowest BCUT2D eigenvalue weighted by Crippen LogP contribution is -2.15. The molecule has 0 amide bonds. The highest BCUT2D eigenvalue weighted by Crippen LogP contribution is 2.26. The van der Waals surface area contributed by atoms with Crippen molar-refractivity contribution < 1.29 is 4.42 Å². The van der Waals surface area contributed by atoms with Gasteiger partial charge in [-0.3, -0.25) is 5.10 Å². The third-order valence-corrected chi connectivity index (χ3v) is 4.09. The summed E-state index contributed by atoms with van der Waals surface area (Å²) in [6, 6.07) is 8.12. The van der Waals surface area contributed by atoms with Gasteiger partial charge in [-0.1, -0.05) is 26.8 Å². The Hall–Kier alpha value is -2.56. The highest BCUT2D eigenvalue weighted by atomic mass is 16.4. The van der Waals surface area contributed by atoms with Crippen LogP contribution in [0.1, 0.15) is 43.5 Å². The molecule has 0 aliphatic carbocycles. The van der Waals surface area contributed by atoms with Crippen LogP contribution in [0.5, 0.6) is 0 Å². The number of aromatic amines is 1. The number of hydrogen-bond donors (Lipinski definition) is 2. The Morgan fingerprint density at radius 1 is 1.21 bits per heavy atom. The maximum atomic E-state index is 5.72. The molecule has 2 heterocycles. The quantitative estimate of drug-likeness (QED) is 0.736. The van der Waals surface area contributed by atoms with Gasteiger partial charge in [-0.2, -0.15) is 5.10 Å². The van der Waals surface area contributed by atoms with Crippen molar-refractivity contribution in [3.63, 3.8) is 0 Å². The smallest absolute Gasteiger partial charge is 0.226 e. The zero-order valence-electron chi connectivity index (χ0n) is 14.9. The van der Waals surface area contributed by atoms with Crippen molar-refractivity contribution in [3.05, 3.63) is 53.2 Å². The molecule has 2 N–H and O–H groups in total. The molecule has 0 radical (unpaired) electrons. The second kappa shape index (κ2) is 6.15. The van der Waals surface area contributed by atoms with E-state index in [9.17, 15) is 0 Å². The Labute approximate surface area is 142 Å². The maximum Gasteiger partial charge on any atom is 0.226 e. The number of nitrogens with zero attached hydrogens (tertiary/aromatic N) is 2. The largest absolute Gasteiger partial charge is 0.441 e. The van der Waals surface area contributed by atoms with Gasteiger partial charge in [-0.15, -0.1) is 0 Å². The van der Waals surface area contributed by atoms with Crippen LogP contribution >= 0.6 is 0 Å². The van der Waals surface area contributed by atoms with Crippen LogP contribution < -0.4 is 5.32 Å². The minimum absolute atomic E-state index is 0.0442. The summed E-state index contributed by atoms with van der Waals surface area (Å²) in [7, 11) is 0. The Kier molecular flexibility index (Phi) is 4.18. The van der Waals surface area contributed by atoms with Crippen molar-refractivity contribution in [3.8, 4) is 11.5 Å². The lowest BCUT2D eigenvalue weighted by Gasteiger charge is -2.18. The molecule has 24 heavy (non-hydrogen) atoms. The predicted octanol–water partition coefficient (Wildman–Crippen LogP) is 4.59. The molecule has 2 aromatic heterocycles. The van der Waals surface area contributed by atoms with Crippen LogP contribution in [0.4, 0.5) is 5.69 Å². The lowest BCUT2D eigenvalue weighted by atomic mass is 9.89. The third-order valence-electron chi connectivity index (χ3n) is 4.09. The fourth-order valence-electron chi connectivity index (χ4n) is 2.65. The predicted molar refractivity (Wildman–Crippen MR) is 96.0 cm³/mol. The Morgan fingerprint density at radius 2 is 2.00 bits per heavy atom. The molecule has 5 heteroatoms. The van der Waals surface area contributed by atoms with Gasteiger partial charge in [0.15, 0.2) is 0 Å². The van der Waals surface area contributed by atoms with Gasteiger partial charge < -0.3 is 9.73 Å². The van der Waals surface area contributed by atoms with Crippen LogP contribution in [-0.2, 0) is 12.0 Å². The second-order valence-electron chi connectivity index (χ2n) is 7.12. The number of anilines is 1. The Balaban J connectivity index is 1.77. The normalized spacial score (nSPS) is 11.7. The third kappa shape index (κ3) is 3.35. The van der Waals surface area contributed by atoms with Crippen molar-refractivity contribution in [2.45, 2.75) is 46.6 Å². The van der Waals surface area contributed by atoms with Crippen LogP contribution in [0.25, 0.3) is 11.5 Å². The zero-order chi connectivity index (χ0) is 17.3. The number of benzene rings is 1. The number of rotatable bonds is 4. The number of aryl methyl sites for hydroxylation is 2. The first-order valence-corrected chi connectivity index (χ1v) is 8.15. The Bertz CT molecular complexity index is 820. The summed E-state index contributed by atoms with van der Waals surface area (Å²) in [5.41, 5.74) is 5.31. The molecule has 0 saturated carbocycles. The van der Waals surface area contributed by atoms with E-state index in [0.717, 1.165) is 34.9 Å². The van der Waals surface area contributed by atoms with E-state index in [4.69, 9.17) is 4.42 Å². The fourth-order valence-corrected chi connectivity index (χ4v) is 2.65. The van der Waals surface area contributed by atoms with E-state index in [2.05, 4.69) is 47.3 Å². The molecule has 1 aromatic carbocycles. The van der Waals surface area contributed by atoms with Gasteiger partial charge in [0.05, 0.1) is 11.9 Å². The minimum Gasteiger partial charge on any atom is -0.441 e. The van der Waals surface area contributed by atoms with E-state index in [-0.39, 0.29) is 5.41 Å². The van der Waals surface area contributed by atoms with E-state index in [1.54, 1.807) is 0 Å². The highest BCUT2D eigenvalue weighted by molar-refractivity contribution is 5.61. The Morgan fingerprint density at radius 3 is 2.67 bits per heavy atom. The minimum atomic E-state index is 0.0442. The number of aromatic nitrogens is 3. The van der Waals surface area contributed by atoms with Crippen LogP contribution in [-0.4, -0.2) is 15.2 Å². The first-order valence-electron chi connectivity index (χ1n) is 8.15. The van der Waals surface area contributed by atoms with Gasteiger partial charge in [0.25, 0.3) is 0 Å². The molecule has 3 rings (SSSR count). The fraction of sp³-hybridized carbons (Fsp3) is 0.368. The highest BCUT2D eigenvalue weighted by Gasteiger charge is 2.19. The molecule has 0 atom stereocenters. The summed E-state index contributed by atoms with van der Waals surface area (Å²) in [6.45, 7) is 11.1. The molecule has 3 aromatic rings. The van der Waals surface area contributed by atoms with E-state index >= 15 is 0 Å². The summed E-state index contributed by atoms with van der Waals surface area (Å²) in [4.78, 5) is 4.47. The molecule has 0 bridgehead atoms. The average molecular weight is 324 g/mol. The van der Waals surface area contributed by atoms with Gasteiger partial charge in [0.1, 0.15) is 5.76 Å². The van der Waals surface area contributed by atoms with Gasteiger partial charge >= 0.3 is 0 Å². The zero-order valence-corrected chi connectivity index (χ0v) is 14.9.